The molecule has 1 aliphatic rings. The number of carbonyl (C=O) groups is 1. The van der Waals surface area contributed by atoms with Gasteiger partial charge < -0.3 is 4.90 Å². The average Bonchev–Trinajstić information content (AvgIpc) is 2.96. The zero-order valence-electron chi connectivity index (χ0n) is 10.3. The number of carbonyl (C=O) groups excluding carboxylic acids is 1. The van der Waals surface area contributed by atoms with Crippen LogP contribution >= 0.6 is 15.9 Å². The first-order chi connectivity index (χ1) is 8.92. The molecule has 1 amide bonds. The molecule has 8 nitrogen and oxygen atoms in total. The number of hydrogen-bond donors (Lipinski definition) is 1. The highest BCUT2D eigenvalue weighted by atomic mass is 79.9. The highest BCUT2D eigenvalue weighted by molar-refractivity contribution is 9.10. The van der Waals surface area contributed by atoms with E-state index in [1.165, 1.54) is 7.05 Å². The number of nitrogens with one attached hydrogen (secondary N) is 1. The average molecular weight is 352 g/mol. The van der Waals surface area contributed by atoms with Crippen molar-refractivity contribution in [2.75, 3.05) is 19.6 Å². The number of amides is 1. The van der Waals surface area contributed by atoms with Crippen molar-refractivity contribution in [3.8, 4) is 0 Å². The fourth-order valence-electron chi connectivity index (χ4n) is 1.91. The van der Waals surface area contributed by atoms with Crippen LogP contribution in [-0.2, 0) is 21.9 Å². The summed E-state index contributed by atoms with van der Waals surface area (Å²) in [7, 11) is -2.34. The van der Waals surface area contributed by atoms with Gasteiger partial charge in [-0.2, -0.15) is 0 Å². The van der Waals surface area contributed by atoms with Crippen molar-refractivity contribution in [1.29, 1.82) is 0 Å². The van der Waals surface area contributed by atoms with Crippen LogP contribution in [0.5, 0.6) is 0 Å². The number of halogens is 1. The van der Waals surface area contributed by atoms with E-state index in [1.807, 2.05) is 0 Å². The van der Waals surface area contributed by atoms with Crippen molar-refractivity contribution in [2.24, 2.45) is 7.05 Å². The molecule has 0 bridgehead atoms. The molecule has 1 aromatic heterocycles. The molecule has 1 N–H and O–H groups in total. The van der Waals surface area contributed by atoms with Crippen LogP contribution in [0.4, 0.5) is 0 Å². The molecular formula is C9H14BrN5O3S. The smallest absolute Gasteiger partial charge is 0.261 e. The fourth-order valence-corrected chi connectivity index (χ4v) is 3.98. The minimum atomic E-state index is -3.81. The summed E-state index contributed by atoms with van der Waals surface area (Å²) in [6.45, 7) is 1.13. The molecule has 0 spiro atoms. The second-order valence-corrected chi connectivity index (χ2v) is 6.65. The lowest BCUT2D eigenvalue weighted by atomic mass is 10.4. The molecule has 1 aromatic rings. The van der Waals surface area contributed by atoms with Crippen LogP contribution in [0.1, 0.15) is 12.8 Å². The molecule has 2 rings (SSSR count). The third kappa shape index (κ3) is 3.12. The van der Waals surface area contributed by atoms with E-state index in [2.05, 4.69) is 31.0 Å². The number of aryl methyl sites for hydroxylation is 1. The fraction of sp³-hybridized carbons (Fsp3) is 0.667. The van der Waals surface area contributed by atoms with Crippen LogP contribution in [0.3, 0.4) is 0 Å². The Morgan fingerprint density at radius 1 is 1.42 bits per heavy atom. The first kappa shape index (κ1) is 14.4. The van der Waals surface area contributed by atoms with Gasteiger partial charge in [-0.1, -0.05) is 5.21 Å². The van der Waals surface area contributed by atoms with Gasteiger partial charge in [0.25, 0.3) is 10.0 Å². The summed E-state index contributed by atoms with van der Waals surface area (Å²) in [6, 6.07) is 0. The molecule has 0 saturated carbocycles. The first-order valence-electron chi connectivity index (χ1n) is 5.74. The summed E-state index contributed by atoms with van der Waals surface area (Å²) >= 11 is 3.02. The molecule has 106 valence electrons. The summed E-state index contributed by atoms with van der Waals surface area (Å²) < 4.78 is 27.6. The van der Waals surface area contributed by atoms with Gasteiger partial charge in [0.1, 0.15) is 0 Å². The number of sulfonamides is 1. The summed E-state index contributed by atoms with van der Waals surface area (Å²) in [5.41, 5.74) is 0. The molecule has 1 aliphatic heterocycles. The number of likely N-dealkylation sites (tertiary alicyclic amines) is 1. The van der Waals surface area contributed by atoms with E-state index in [1.54, 1.807) is 4.90 Å². The second kappa shape index (κ2) is 5.55. The Bertz CT molecular complexity index is 559. The van der Waals surface area contributed by atoms with E-state index in [0.717, 1.165) is 17.5 Å². The number of aromatic nitrogens is 3. The van der Waals surface area contributed by atoms with Crippen molar-refractivity contribution in [1.82, 2.24) is 24.6 Å². The topological polar surface area (TPSA) is 97.2 Å². The Morgan fingerprint density at radius 2 is 2.05 bits per heavy atom. The Labute approximate surface area is 119 Å². The highest BCUT2D eigenvalue weighted by Gasteiger charge is 2.26. The lowest BCUT2D eigenvalue weighted by Gasteiger charge is -2.15. The van der Waals surface area contributed by atoms with Crippen LogP contribution in [-0.4, -0.2) is 53.9 Å². The zero-order chi connectivity index (χ0) is 14.0. The Morgan fingerprint density at radius 3 is 2.58 bits per heavy atom. The molecule has 19 heavy (non-hydrogen) atoms. The summed E-state index contributed by atoms with van der Waals surface area (Å²) in [5, 5.41) is 7.10. The molecule has 0 aliphatic carbocycles. The van der Waals surface area contributed by atoms with E-state index in [0.29, 0.717) is 13.1 Å². The monoisotopic (exact) mass is 351 g/mol. The third-order valence-corrected chi connectivity index (χ3v) is 5.15. The molecule has 0 atom stereocenters. The number of rotatable bonds is 4. The van der Waals surface area contributed by atoms with E-state index >= 15 is 0 Å². The molecule has 10 heteroatoms. The van der Waals surface area contributed by atoms with Crippen molar-refractivity contribution >= 4 is 31.9 Å². The van der Waals surface area contributed by atoms with Gasteiger partial charge in [0.15, 0.2) is 4.60 Å². The van der Waals surface area contributed by atoms with Crippen LogP contribution in [0.15, 0.2) is 9.63 Å². The lowest BCUT2D eigenvalue weighted by molar-refractivity contribution is -0.128. The quantitative estimate of drug-likeness (QED) is 0.786. The molecule has 0 radical (unpaired) electrons. The maximum absolute atomic E-state index is 12.0. The Balaban J connectivity index is 2.04. The molecular weight excluding hydrogens is 338 g/mol. The second-order valence-electron chi connectivity index (χ2n) is 4.22. The first-order valence-corrected chi connectivity index (χ1v) is 8.02. The minimum absolute atomic E-state index is 0.0956. The van der Waals surface area contributed by atoms with Gasteiger partial charge >= 0.3 is 0 Å². The maximum Gasteiger partial charge on any atom is 0.261 e. The van der Waals surface area contributed by atoms with E-state index in [9.17, 15) is 13.2 Å². The van der Waals surface area contributed by atoms with Crippen molar-refractivity contribution in [3.63, 3.8) is 0 Å². The lowest BCUT2D eigenvalue weighted by Crippen LogP contribution is -2.39. The van der Waals surface area contributed by atoms with E-state index < -0.39 is 10.0 Å². The molecule has 1 fully saturated rings. The van der Waals surface area contributed by atoms with Gasteiger partial charge in [-0.05, 0) is 28.8 Å². The number of hydrogen-bond acceptors (Lipinski definition) is 5. The van der Waals surface area contributed by atoms with E-state index in [4.69, 9.17) is 0 Å². The SMILES string of the molecule is Cn1nnc(Br)c1S(=O)(=O)NCC(=O)N1CCCC1. The molecule has 2 heterocycles. The summed E-state index contributed by atoms with van der Waals surface area (Å²) in [4.78, 5) is 13.4. The normalized spacial score (nSPS) is 16.0. The zero-order valence-corrected chi connectivity index (χ0v) is 12.7. The van der Waals surface area contributed by atoms with Crippen LogP contribution in [0.25, 0.3) is 0 Å². The van der Waals surface area contributed by atoms with Crippen molar-refractivity contribution in [3.05, 3.63) is 4.60 Å². The number of nitrogens with zero attached hydrogens (tertiary/aromatic N) is 4. The molecule has 1 saturated heterocycles. The maximum atomic E-state index is 12.0. The Kier molecular flexibility index (Phi) is 4.21. The predicted octanol–water partition coefficient (Wildman–Crippen LogP) is -0.522. The predicted molar refractivity (Wildman–Crippen MR) is 69.7 cm³/mol. The largest absolute Gasteiger partial charge is 0.342 e. The van der Waals surface area contributed by atoms with E-state index in [-0.39, 0.29) is 22.1 Å². The van der Waals surface area contributed by atoms with Gasteiger partial charge in [-0.25, -0.2) is 17.8 Å². The molecule has 0 aromatic carbocycles. The Hall–Kier alpha value is -1.00. The highest BCUT2D eigenvalue weighted by Crippen LogP contribution is 2.17. The van der Waals surface area contributed by atoms with Crippen LogP contribution in [0.2, 0.25) is 0 Å². The van der Waals surface area contributed by atoms with Crippen LogP contribution < -0.4 is 4.72 Å². The van der Waals surface area contributed by atoms with Gasteiger partial charge in [0, 0.05) is 20.1 Å². The third-order valence-electron chi connectivity index (χ3n) is 2.86. The van der Waals surface area contributed by atoms with Gasteiger partial charge in [-0.3, -0.25) is 4.79 Å². The minimum Gasteiger partial charge on any atom is -0.342 e. The molecule has 0 unspecified atom stereocenters. The summed E-state index contributed by atoms with van der Waals surface area (Å²) in [5.74, 6) is -0.215. The van der Waals surface area contributed by atoms with Crippen molar-refractivity contribution < 1.29 is 13.2 Å². The van der Waals surface area contributed by atoms with Crippen LogP contribution in [0, 0.1) is 0 Å². The van der Waals surface area contributed by atoms with Crippen molar-refractivity contribution in [2.45, 2.75) is 17.9 Å². The summed E-state index contributed by atoms with van der Waals surface area (Å²) in [6.07, 6.45) is 1.94. The van der Waals surface area contributed by atoms with Gasteiger partial charge in [0.2, 0.25) is 10.9 Å². The van der Waals surface area contributed by atoms with Gasteiger partial charge in [0.05, 0.1) is 6.54 Å². The van der Waals surface area contributed by atoms with Gasteiger partial charge in [-0.15, -0.1) is 5.10 Å². The standard InChI is InChI=1S/C9H14BrN5O3S/c1-14-9(8(10)12-13-14)19(17,18)11-6-7(16)15-4-2-3-5-15/h11H,2-6H2,1H3.